The fraction of sp³-hybridized carbons (Fsp3) is 0.105. The third-order valence-corrected chi connectivity index (χ3v) is 4.23. The molecule has 1 aromatic carbocycles. The Morgan fingerprint density at radius 1 is 1.14 bits per heavy atom. The molecule has 28 heavy (non-hydrogen) atoms. The van der Waals surface area contributed by atoms with E-state index in [9.17, 15) is 4.79 Å². The lowest BCUT2D eigenvalue weighted by Crippen LogP contribution is -2.01. The van der Waals surface area contributed by atoms with Crippen LogP contribution in [0.2, 0.25) is 5.15 Å². The highest BCUT2D eigenvalue weighted by Gasteiger charge is 2.12. The van der Waals surface area contributed by atoms with Crippen molar-refractivity contribution in [1.29, 1.82) is 0 Å². The molecule has 8 nitrogen and oxygen atoms in total. The molecule has 4 aromatic rings. The van der Waals surface area contributed by atoms with E-state index in [1.807, 2.05) is 12.1 Å². The largest absolute Gasteiger partial charge is 0.496 e. The topological polar surface area (TPSA) is 106 Å². The van der Waals surface area contributed by atoms with Crippen molar-refractivity contribution in [3.63, 3.8) is 0 Å². The van der Waals surface area contributed by atoms with Gasteiger partial charge in [0.25, 0.3) is 0 Å². The standard InChI is InChI=1S/C19H15ClN4O4/c1-26-16-6-13(27-9-12-10-28-19(25)23-12)3-4-14(16)15-8-22-18(24-15)11-2-5-17(20)21-7-11/h2-8,10H,9H2,1H3,(H,22,24)(H,23,25). The molecule has 0 bridgehead atoms. The molecule has 0 radical (unpaired) electrons. The van der Waals surface area contributed by atoms with Crippen molar-refractivity contribution in [2.24, 2.45) is 0 Å². The molecule has 3 heterocycles. The van der Waals surface area contributed by atoms with Gasteiger partial charge in [-0.1, -0.05) is 11.6 Å². The second-order valence-corrected chi connectivity index (χ2v) is 6.23. The van der Waals surface area contributed by atoms with Crippen LogP contribution in [0.15, 0.2) is 58.2 Å². The summed E-state index contributed by atoms with van der Waals surface area (Å²) >= 11 is 5.83. The molecule has 0 amide bonds. The molecule has 0 aliphatic heterocycles. The summed E-state index contributed by atoms with van der Waals surface area (Å²) in [4.78, 5) is 25.3. The van der Waals surface area contributed by atoms with Crippen molar-refractivity contribution in [3.05, 3.63) is 70.4 Å². The van der Waals surface area contributed by atoms with Gasteiger partial charge in [-0.05, 0) is 24.3 Å². The molecule has 0 saturated heterocycles. The van der Waals surface area contributed by atoms with E-state index in [1.54, 1.807) is 37.7 Å². The predicted molar refractivity (Wildman–Crippen MR) is 102 cm³/mol. The van der Waals surface area contributed by atoms with Crippen molar-refractivity contribution < 1.29 is 13.9 Å². The van der Waals surface area contributed by atoms with Gasteiger partial charge in [0, 0.05) is 23.4 Å². The van der Waals surface area contributed by atoms with Crippen molar-refractivity contribution in [3.8, 4) is 34.1 Å². The minimum Gasteiger partial charge on any atom is -0.496 e. The van der Waals surface area contributed by atoms with E-state index >= 15 is 0 Å². The number of pyridine rings is 1. The Hall–Kier alpha value is -3.52. The van der Waals surface area contributed by atoms with E-state index in [0.717, 1.165) is 16.8 Å². The number of methoxy groups -OCH3 is 1. The summed E-state index contributed by atoms with van der Waals surface area (Å²) in [5.74, 6) is 1.36. The Bertz CT molecular complexity index is 1150. The summed E-state index contributed by atoms with van der Waals surface area (Å²) in [6.45, 7) is 0.173. The Balaban J connectivity index is 1.56. The maximum atomic E-state index is 11.0. The van der Waals surface area contributed by atoms with Crippen molar-refractivity contribution >= 4 is 11.6 Å². The molecule has 0 spiro atoms. The van der Waals surface area contributed by atoms with Crippen LogP contribution in [-0.2, 0) is 6.61 Å². The van der Waals surface area contributed by atoms with Gasteiger partial charge < -0.3 is 18.9 Å². The quantitative estimate of drug-likeness (QED) is 0.480. The van der Waals surface area contributed by atoms with Crippen molar-refractivity contribution in [2.75, 3.05) is 7.11 Å². The number of H-pyrrole nitrogens is 2. The van der Waals surface area contributed by atoms with Gasteiger partial charge in [0.1, 0.15) is 35.3 Å². The number of aromatic amines is 2. The van der Waals surface area contributed by atoms with Crippen LogP contribution in [0.25, 0.3) is 22.6 Å². The molecule has 9 heteroatoms. The second-order valence-electron chi connectivity index (χ2n) is 5.84. The zero-order chi connectivity index (χ0) is 19.5. The normalized spacial score (nSPS) is 10.8. The average Bonchev–Trinajstić information content (AvgIpc) is 3.36. The third kappa shape index (κ3) is 3.77. The van der Waals surface area contributed by atoms with Crippen molar-refractivity contribution in [2.45, 2.75) is 6.61 Å². The first kappa shape index (κ1) is 17.9. The van der Waals surface area contributed by atoms with Crippen LogP contribution in [0, 0.1) is 0 Å². The summed E-state index contributed by atoms with van der Waals surface area (Å²) in [7, 11) is 1.58. The van der Waals surface area contributed by atoms with E-state index in [2.05, 4.69) is 24.4 Å². The number of nitrogens with one attached hydrogen (secondary N) is 2. The van der Waals surface area contributed by atoms with Gasteiger partial charge in [-0.3, -0.25) is 4.98 Å². The van der Waals surface area contributed by atoms with Crippen LogP contribution in [0.5, 0.6) is 11.5 Å². The Kier molecular flexibility index (Phi) is 4.86. The SMILES string of the molecule is COc1cc(OCc2coc(=O)[nH]2)ccc1-c1cnc(-c2ccc(Cl)nc2)[nH]1. The molecule has 142 valence electrons. The molecular weight excluding hydrogens is 384 g/mol. The van der Waals surface area contributed by atoms with Gasteiger partial charge in [-0.2, -0.15) is 0 Å². The maximum Gasteiger partial charge on any atom is 0.416 e. The highest BCUT2D eigenvalue weighted by Crippen LogP contribution is 2.33. The summed E-state index contributed by atoms with van der Waals surface area (Å²) in [5.41, 5.74) is 2.98. The van der Waals surface area contributed by atoms with Gasteiger partial charge >= 0.3 is 5.76 Å². The Labute approximate surface area is 164 Å². The number of aromatic nitrogens is 4. The molecule has 0 fully saturated rings. The monoisotopic (exact) mass is 398 g/mol. The predicted octanol–water partition coefficient (Wildman–Crippen LogP) is 3.66. The van der Waals surface area contributed by atoms with E-state index < -0.39 is 5.76 Å². The number of benzene rings is 1. The van der Waals surface area contributed by atoms with E-state index in [0.29, 0.717) is 28.2 Å². The number of nitrogens with zero attached hydrogens (tertiary/aromatic N) is 2. The van der Waals surface area contributed by atoms with Gasteiger partial charge in [0.05, 0.1) is 24.7 Å². The number of imidazole rings is 1. The first-order valence-electron chi connectivity index (χ1n) is 8.27. The van der Waals surface area contributed by atoms with E-state index in [-0.39, 0.29) is 6.61 Å². The Morgan fingerprint density at radius 2 is 2.04 bits per heavy atom. The first-order valence-corrected chi connectivity index (χ1v) is 8.65. The molecule has 3 aromatic heterocycles. The second kappa shape index (κ2) is 7.61. The van der Waals surface area contributed by atoms with Crippen molar-refractivity contribution in [1.82, 2.24) is 19.9 Å². The van der Waals surface area contributed by atoms with E-state index in [1.165, 1.54) is 6.26 Å². The molecule has 2 N–H and O–H groups in total. The third-order valence-electron chi connectivity index (χ3n) is 4.00. The average molecular weight is 399 g/mol. The zero-order valence-electron chi connectivity index (χ0n) is 14.7. The van der Waals surface area contributed by atoms with Gasteiger partial charge in [0.2, 0.25) is 0 Å². The summed E-state index contributed by atoms with van der Waals surface area (Å²) in [6, 6.07) is 8.98. The van der Waals surface area contributed by atoms with Gasteiger partial charge in [0.15, 0.2) is 0 Å². The number of oxazole rings is 1. The molecule has 0 atom stereocenters. The molecule has 0 unspecified atom stereocenters. The zero-order valence-corrected chi connectivity index (χ0v) is 15.5. The lowest BCUT2D eigenvalue weighted by molar-refractivity contribution is 0.298. The van der Waals surface area contributed by atoms with Crippen LogP contribution in [0.3, 0.4) is 0 Å². The van der Waals surface area contributed by atoms with Crippen LogP contribution in [0.4, 0.5) is 0 Å². The lowest BCUT2D eigenvalue weighted by Gasteiger charge is -2.10. The van der Waals surface area contributed by atoms with Crippen LogP contribution in [-0.4, -0.2) is 27.0 Å². The first-order chi connectivity index (χ1) is 13.6. The van der Waals surface area contributed by atoms with Gasteiger partial charge in [-0.25, -0.2) is 14.8 Å². The van der Waals surface area contributed by atoms with Crippen LogP contribution in [0.1, 0.15) is 5.69 Å². The fourth-order valence-corrected chi connectivity index (χ4v) is 2.76. The summed E-state index contributed by atoms with van der Waals surface area (Å²) in [6.07, 6.45) is 4.70. The molecule has 0 aliphatic carbocycles. The lowest BCUT2D eigenvalue weighted by atomic mass is 10.1. The molecule has 0 aliphatic rings. The molecular formula is C19H15ClN4O4. The van der Waals surface area contributed by atoms with Crippen LogP contribution < -0.4 is 15.2 Å². The number of halogens is 1. The van der Waals surface area contributed by atoms with E-state index in [4.69, 9.17) is 21.1 Å². The fourth-order valence-electron chi connectivity index (χ4n) is 2.65. The van der Waals surface area contributed by atoms with Gasteiger partial charge in [-0.15, -0.1) is 0 Å². The number of rotatable bonds is 6. The smallest absolute Gasteiger partial charge is 0.416 e. The highest BCUT2D eigenvalue weighted by molar-refractivity contribution is 6.29. The highest BCUT2D eigenvalue weighted by atomic mass is 35.5. The maximum absolute atomic E-state index is 11.0. The number of hydrogen-bond donors (Lipinski definition) is 2. The minimum absolute atomic E-state index is 0.173. The number of ether oxygens (including phenoxy) is 2. The summed E-state index contributed by atoms with van der Waals surface area (Å²) < 4.78 is 15.8. The molecule has 4 rings (SSSR count). The summed E-state index contributed by atoms with van der Waals surface area (Å²) in [5, 5.41) is 0.423. The minimum atomic E-state index is -0.516. The van der Waals surface area contributed by atoms with Crippen LogP contribution >= 0.6 is 11.6 Å². The number of hydrogen-bond acceptors (Lipinski definition) is 6. The molecule has 0 saturated carbocycles. The Morgan fingerprint density at radius 3 is 2.75 bits per heavy atom.